The Kier molecular flexibility index (Phi) is 6.01. The Bertz CT molecular complexity index is 1060. The zero-order valence-corrected chi connectivity index (χ0v) is 18.0. The molecule has 0 radical (unpaired) electrons. The molecule has 1 saturated heterocycles. The van der Waals surface area contributed by atoms with E-state index in [1.54, 1.807) is 7.05 Å². The van der Waals surface area contributed by atoms with Gasteiger partial charge in [0.1, 0.15) is 0 Å². The predicted molar refractivity (Wildman–Crippen MR) is 122 cm³/mol. The van der Waals surface area contributed by atoms with Crippen LogP contribution in [0.2, 0.25) is 0 Å². The number of hydrogen-bond donors (Lipinski definition) is 1. The molecule has 7 heteroatoms. The summed E-state index contributed by atoms with van der Waals surface area (Å²) in [6.07, 6.45) is 0. The van der Waals surface area contributed by atoms with Gasteiger partial charge in [0, 0.05) is 36.2 Å². The normalized spacial score (nSPS) is 14.0. The van der Waals surface area contributed by atoms with E-state index < -0.39 is 0 Å². The lowest BCUT2D eigenvalue weighted by Gasteiger charge is -2.28. The summed E-state index contributed by atoms with van der Waals surface area (Å²) in [5.41, 5.74) is 2.80. The number of carbonyl (C=O) groups is 2. The van der Waals surface area contributed by atoms with Crippen LogP contribution >= 0.6 is 11.3 Å². The minimum absolute atomic E-state index is 0.00225. The molecule has 0 unspecified atom stereocenters. The Morgan fingerprint density at radius 3 is 2.50 bits per heavy atom. The molecule has 1 aliphatic heterocycles. The SMILES string of the molecule is Cc1c(C(=O)N(C)CC(=O)Nc2ccc(N3CCOCC3)cc2)sc2ccccc12. The van der Waals surface area contributed by atoms with Crippen LogP contribution in [0, 0.1) is 6.92 Å². The van der Waals surface area contributed by atoms with Crippen molar-refractivity contribution in [1.29, 1.82) is 0 Å². The van der Waals surface area contributed by atoms with Gasteiger partial charge in [-0.15, -0.1) is 11.3 Å². The number of amides is 2. The van der Waals surface area contributed by atoms with E-state index in [1.807, 2.05) is 55.5 Å². The van der Waals surface area contributed by atoms with Crippen molar-refractivity contribution in [2.45, 2.75) is 6.92 Å². The van der Waals surface area contributed by atoms with Crippen LogP contribution in [-0.4, -0.2) is 56.6 Å². The maximum absolute atomic E-state index is 12.9. The summed E-state index contributed by atoms with van der Waals surface area (Å²) < 4.78 is 6.46. The van der Waals surface area contributed by atoms with Crippen LogP contribution in [0.4, 0.5) is 11.4 Å². The molecular weight excluding hydrogens is 398 g/mol. The number of hydrogen-bond acceptors (Lipinski definition) is 5. The summed E-state index contributed by atoms with van der Waals surface area (Å²) in [5, 5.41) is 3.96. The second kappa shape index (κ2) is 8.85. The Morgan fingerprint density at radius 1 is 1.10 bits per heavy atom. The topological polar surface area (TPSA) is 61.9 Å². The summed E-state index contributed by atoms with van der Waals surface area (Å²) in [7, 11) is 1.66. The quantitative estimate of drug-likeness (QED) is 0.679. The number of anilines is 2. The molecule has 0 bridgehead atoms. The molecular formula is C23H25N3O3S. The van der Waals surface area contributed by atoms with Crippen molar-refractivity contribution in [3.63, 3.8) is 0 Å². The van der Waals surface area contributed by atoms with Crippen LogP contribution in [0.3, 0.4) is 0 Å². The number of thiophene rings is 1. The van der Waals surface area contributed by atoms with Crippen LogP contribution in [0.1, 0.15) is 15.2 Å². The highest BCUT2D eigenvalue weighted by Crippen LogP contribution is 2.31. The summed E-state index contributed by atoms with van der Waals surface area (Å²) >= 11 is 1.47. The summed E-state index contributed by atoms with van der Waals surface area (Å²) in [6, 6.07) is 15.7. The van der Waals surface area contributed by atoms with Gasteiger partial charge >= 0.3 is 0 Å². The molecule has 6 nitrogen and oxygen atoms in total. The monoisotopic (exact) mass is 423 g/mol. The smallest absolute Gasteiger partial charge is 0.264 e. The highest BCUT2D eigenvalue weighted by Gasteiger charge is 2.20. The first kappa shape index (κ1) is 20.4. The molecule has 1 N–H and O–H groups in total. The van der Waals surface area contributed by atoms with E-state index >= 15 is 0 Å². The second-order valence-corrected chi connectivity index (χ2v) is 8.46. The lowest BCUT2D eigenvalue weighted by atomic mass is 10.1. The first-order valence-corrected chi connectivity index (χ1v) is 10.8. The van der Waals surface area contributed by atoms with Gasteiger partial charge in [-0.25, -0.2) is 0 Å². The van der Waals surface area contributed by atoms with E-state index in [1.165, 1.54) is 16.2 Å². The summed E-state index contributed by atoms with van der Waals surface area (Å²) in [4.78, 5) is 29.8. The minimum atomic E-state index is -0.219. The third-order valence-corrected chi connectivity index (χ3v) is 6.55. The molecule has 2 heterocycles. The van der Waals surface area contributed by atoms with Crippen molar-refractivity contribution in [2.75, 3.05) is 50.1 Å². The van der Waals surface area contributed by atoms with Gasteiger partial charge in [0.15, 0.2) is 0 Å². The average molecular weight is 424 g/mol. The third kappa shape index (κ3) is 4.32. The molecule has 4 rings (SSSR count). The fraction of sp³-hybridized carbons (Fsp3) is 0.304. The number of fused-ring (bicyclic) bond motifs is 1. The van der Waals surface area contributed by atoms with Gasteiger partial charge in [-0.2, -0.15) is 0 Å². The Hall–Kier alpha value is -2.90. The molecule has 1 aromatic heterocycles. The summed E-state index contributed by atoms with van der Waals surface area (Å²) in [6.45, 7) is 5.16. The number of rotatable bonds is 5. The van der Waals surface area contributed by atoms with Gasteiger partial charge in [0.05, 0.1) is 24.6 Å². The van der Waals surface area contributed by atoms with Crippen molar-refractivity contribution in [3.05, 3.63) is 59.0 Å². The maximum Gasteiger partial charge on any atom is 0.264 e. The van der Waals surface area contributed by atoms with Crippen LogP contribution in [0.25, 0.3) is 10.1 Å². The molecule has 1 fully saturated rings. The van der Waals surface area contributed by atoms with E-state index in [0.717, 1.165) is 53.3 Å². The predicted octanol–water partition coefficient (Wildman–Crippen LogP) is 3.76. The van der Waals surface area contributed by atoms with E-state index in [4.69, 9.17) is 4.74 Å². The highest BCUT2D eigenvalue weighted by molar-refractivity contribution is 7.21. The fourth-order valence-electron chi connectivity index (χ4n) is 3.62. The van der Waals surface area contributed by atoms with Gasteiger partial charge in [-0.3, -0.25) is 9.59 Å². The first-order valence-electron chi connectivity index (χ1n) is 9.99. The Balaban J connectivity index is 1.37. The maximum atomic E-state index is 12.9. The molecule has 30 heavy (non-hydrogen) atoms. The Morgan fingerprint density at radius 2 is 1.80 bits per heavy atom. The summed E-state index contributed by atoms with van der Waals surface area (Å²) in [5.74, 6) is -0.352. The number of nitrogens with one attached hydrogen (secondary N) is 1. The van der Waals surface area contributed by atoms with Crippen molar-refractivity contribution in [1.82, 2.24) is 4.90 Å². The lowest BCUT2D eigenvalue weighted by molar-refractivity contribution is -0.116. The second-order valence-electron chi connectivity index (χ2n) is 7.41. The number of nitrogens with zero attached hydrogens (tertiary/aromatic N) is 2. The number of benzene rings is 2. The van der Waals surface area contributed by atoms with Gasteiger partial charge in [-0.05, 0) is 48.2 Å². The molecule has 0 atom stereocenters. The van der Waals surface area contributed by atoms with E-state index in [0.29, 0.717) is 4.88 Å². The van der Waals surface area contributed by atoms with E-state index in [2.05, 4.69) is 10.2 Å². The molecule has 0 spiro atoms. The number of morpholine rings is 1. The highest BCUT2D eigenvalue weighted by atomic mass is 32.1. The van der Waals surface area contributed by atoms with Gasteiger partial charge in [-0.1, -0.05) is 18.2 Å². The van der Waals surface area contributed by atoms with Crippen molar-refractivity contribution < 1.29 is 14.3 Å². The van der Waals surface area contributed by atoms with Crippen LogP contribution < -0.4 is 10.2 Å². The fourth-order valence-corrected chi connectivity index (χ4v) is 4.82. The van der Waals surface area contributed by atoms with Crippen molar-refractivity contribution in [3.8, 4) is 0 Å². The number of ether oxygens (including phenoxy) is 1. The molecule has 0 aliphatic carbocycles. The standard InChI is InChI=1S/C23H25N3O3S/c1-16-19-5-3-4-6-20(19)30-22(16)23(28)25(2)15-21(27)24-17-7-9-18(10-8-17)26-11-13-29-14-12-26/h3-10H,11-15H2,1-2H3,(H,24,27). The van der Waals surface area contributed by atoms with Gasteiger partial charge in [0.25, 0.3) is 5.91 Å². The van der Waals surface area contributed by atoms with Gasteiger partial charge < -0.3 is 19.9 Å². The molecule has 3 aromatic rings. The molecule has 156 valence electrons. The largest absolute Gasteiger partial charge is 0.378 e. The zero-order chi connectivity index (χ0) is 21.1. The molecule has 2 amide bonds. The first-order chi connectivity index (χ1) is 14.5. The minimum Gasteiger partial charge on any atom is -0.378 e. The Labute approximate surface area is 180 Å². The molecule has 2 aromatic carbocycles. The van der Waals surface area contributed by atoms with Crippen molar-refractivity contribution >= 4 is 44.6 Å². The average Bonchev–Trinajstić information content (AvgIpc) is 3.11. The van der Waals surface area contributed by atoms with E-state index in [-0.39, 0.29) is 18.4 Å². The lowest BCUT2D eigenvalue weighted by Crippen LogP contribution is -2.36. The third-order valence-electron chi connectivity index (χ3n) is 5.29. The van der Waals surface area contributed by atoms with Crippen LogP contribution in [-0.2, 0) is 9.53 Å². The zero-order valence-electron chi connectivity index (χ0n) is 17.2. The number of likely N-dealkylation sites (N-methyl/N-ethyl adjacent to an activating group) is 1. The number of carbonyl (C=O) groups excluding carboxylic acids is 2. The molecule has 0 saturated carbocycles. The van der Waals surface area contributed by atoms with Crippen LogP contribution in [0.5, 0.6) is 0 Å². The van der Waals surface area contributed by atoms with Gasteiger partial charge in [0.2, 0.25) is 5.91 Å². The number of aryl methyl sites for hydroxylation is 1. The van der Waals surface area contributed by atoms with Crippen molar-refractivity contribution in [2.24, 2.45) is 0 Å². The molecule has 1 aliphatic rings. The van der Waals surface area contributed by atoms with E-state index in [9.17, 15) is 9.59 Å². The van der Waals surface area contributed by atoms with Crippen LogP contribution in [0.15, 0.2) is 48.5 Å².